The van der Waals surface area contributed by atoms with Gasteiger partial charge in [0, 0.05) is 17.3 Å². The number of thiophene rings is 1. The van der Waals surface area contributed by atoms with E-state index in [1.54, 1.807) is 11.3 Å². The molecule has 0 atom stereocenters. The van der Waals surface area contributed by atoms with Crippen LogP contribution < -0.4 is 5.32 Å². The Labute approximate surface area is 122 Å². The highest BCUT2D eigenvalue weighted by Crippen LogP contribution is 2.27. The molecule has 1 amide bonds. The van der Waals surface area contributed by atoms with Gasteiger partial charge in [0.2, 0.25) is 0 Å². The molecule has 0 radical (unpaired) electrons. The molecule has 1 aromatic carbocycles. The summed E-state index contributed by atoms with van der Waals surface area (Å²) in [6, 6.07) is 10.3. The third-order valence-electron chi connectivity index (χ3n) is 4.09. The zero-order valence-electron chi connectivity index (χ0n) is 11.3. The second-order valence-corrected chi connectivity index (χ2v) is 6.61. The fourth-order valence-corrected chi connectivity index (χ4v) is 3.81. The van der Waals surface area contributed by atoms with Gasteiger partial charge in [-0.25, -0.2) is 0 Å². The average molecular weight is 289 g/mol. The van der Waals surface area contributed by atoms with Crippen molar-refractivity contribution in [2.24, 2.45) is 5.92 Å². The van der Waals surface area contributed by atoms with Gasteiger partial charge < -0.3 is 10.4 Å². The molecule has 106 valence electrons. The van der Waals surface area contributed by atoms with Crippen molar-refractivity contribution >= 4 is 27.3 Å². The Hall–Kier alpha value is -1.39. The van der Waals surface area contributed by atoms with Gasteiger partial charge in [-0.3, -0.25) is 4.79 Å². The van der Waals surface area contributed by atoms with E-state index in [0.717, 1.165) is 40.6 Å². The van der Waals surface area contributed by atoms with E-state index in [2.05, 4.69) is 5.32 Å². The van der Waals surface area contributed by atoms with Crippen molar-refractivity contribution in [1.29, 1.82) is 0 Å². The Balaban J connectivity index is 1.64. The number of fused-ring (bicyclic) bond motifs is 1. The molecule has 0 aliphatic heterocycles. The Morgan fingerprint density at radius 1 is 1.25 bits per heavy atom. The molecule has 4 heteroatoms. The molecular formula is C16H19NO2S. The molecule has 0 bridgehead atoms. The smallest absolute Gasteiger partial charge is 0.261 e. The number of carbonyl (C=O) groups is 1. The van der Waals surface area contributed by atoms with E-state index in [0.29, 0.717) is 5.92 Å². The lowest BCUT2D eigenvalue weighted by molar-refractivity contribution is 0.0918. The van der Waals surface area contributed by atoms with Gasteiger partial charge in [0.15, 0.2) is 0 Å². The molecule has 0 spiro atoms. The van der Waals surface area contributed by atoms with Gasteiger partial charge in [-0.1, -0.05) is 18.2 Å². The maximum atomic E-state index is 12.3. The number of amides is 1. The van der Waals surface area contributed by atoms with E-state index in [1.165, 1.54) is 0 Å². The molecule has 1 heterocycles. The molecular weight excluding hydrogens is 270 g/mol. The maximum Gasteiger partial charge on any atom is 0.261 e. The van der Waals surface area contributed by atoms with Crippen LogP contribution in [0.15, 0.2) is 30.3 Å². The largest absolute Gasteiger partial charge is 0.396 e. The van der Waals surface area contributed by atoms with Gasteiger partial charge in [-0.05, 0) is 49.1 Å². The van der Waals surface area contributed by atoms with Crippen LogP contribution in [-0.4, -0.2) is 23.7 Å². The number of nitrogens with one attached hydrogen (secondary N) is 1. The molecule has 0 unspecified atom stereocenters. The molecule has 1 fully saturated rings. The van der Waals surface area contributed by atoms with Crippen molar-refractivity contribution < 1.29 is 9.90 Å². The van der Waals surface area contributed by atoms with Gasteiger partial charge in [0.05, 0.1) is 4.88 Å². The number of carbonyl (C=O) groups excluding carboxylic acids is 1. The number of hydrogen-bond donors (Lipinski definition) is 2. The van der Waals surface area contributed by atoms with Crippen LogP contribution in [0.4, 0.5) is 0 Å². The van der Waals surface area contributed by atoms with Crippen LogP contribution >= 0.6 is 11.3 Å². The van der Waals surface area contributed by atoms with E-state index in [4.69, 9.17) is 5.11 Å². The molecule has 0 saturated heterocycles. The highest BCUT2D eigenvalue weighted by Gasteiger charge is 2.22. The Bertz CT molecular complexity index is 566. The molecule has 3 nitrogen and oxygen atoms in total. The van der Waals surface area contributed by atoms with E-state index in [1.807, 2.05) is 30.3 Å². The molecule has 3 rings (SSSR count). The van der Waals surface area contributed by atoms with Crippen LogP contribution in [0.3, 0.4) is 0 Å². The third-order valence-corrected chi connectivity index (χ3v) is 5.20. The molecule has 2 N–H and O–H groups in total. The molecule has 1 aromatic heterocycles. The molecule has 1 saturated carbocycles. The Morgan fingerprint density at radius 2 is 2.00 bits per heavy atom. The minimum atomic E-state index is 0.0404. The van der Waals surface area contributed by atoms with E-state index < -0.39 is 0 Å². The lowest BCUT2D eigenvalue weighted by Crippen LogP contribution is -2.37. The normalized spacial score (nSPS) is 22.9. The van der Waals surface area contributed by atoms with Crippen LogP contribution in [0.5, 0.6) is 0 Å². The van der Waals surface area contributed by atoms with Crippen LogP contribution in [-0.2, 0) is 0 Å². The lowest BCUT2D eigenvalue weighted by Gasteiger charge is -2.27. The Morgan fingerprint density at radius 3 is 2.70 bits per heavy atom. The van der Waals surface area contributed by atoms with E-state index in [-0.39, 0.29) is 18.6 Å². The minimum Gasteiger partial charge on any atom is -0.396 e. The first-order valence-electron chi connectivity index (χ1n) is 7.16. The molecule has 1 aliphatic rings. The van der Waals surface area contributed by atoms with Crippen molar-refractivity contribution in [3.8, 4) is 0 Å². The van der Waals surface area contributed by atoms with E-state index >= 15 is 0 Å². The standard InChI is InChI=1S/C16H19NO2S/c18-10-11-5-7-13(8-6-11)17-16(19)15-9-12-3-1-2-4-14(12)20-15/h1-4,9,11,13,18H,5-8,10H2,(H,17,19). The van der Waals surface area contributed by atoms with Crippen molar-refractivity contribution in [3.63, 3.8) is 0 Å². The number of rotatable bonds is 3. The second-order valence-electron chi connectivity index (χ2n) is 5.52. The highest BCUT2D eigenvalue weighted by molar-refractivity contribution is 7.20. The number of aliphatic hydroxyl groups excluding tert-OH is 1. The summed E-state index contributed by atoms with van der Waals surface area (Å²) < 4.78 is 1.15. The van der Waals surface area contributed by atoms with Crippen LogP contribution in [0.1, 0.15) is 35.4 Å². The molecule has 20 heavy (non-hydrogen) atoms. The monoisotopic (exact) mass is 289 g/mol. The first kappa shape index (κ1) is 13.6. The fraction of sp³-hybridized carbons (Fsp3) is 0.438. The summed E-state index contributed by atoms with van der Waals surface area (Å²) >= 11 is 1.55. The zero-order chi connectivity index (χ0) is 13.9. The van der Waals surface area contributed by atoms with Gasteiger partial charge in [0.25, 0.3) is 5.91 Å². The van der Waals surface area contributed by atoms with Crippen molar-refractivity contribution in [2.45, 2.75) is 31.7 Å². The summed E-state index contributed by atoms with van der Waals surface area (Å²) in [5.41, 5.74) is 0. The predicted molar refractivity (Wildman–Crippen MR) is 82.1 cm³/mol. The summed E-state index contributed by atoms with van der Waals surface area (Å²) in [4.78, 5) is 13.1. The number of benzene rings is 1. The summed E-state index contributed by atoms with van der Waals surface area (Å²) in [6.45, 7) is 0.275. The first-order valence-corrected chi connectivity index (χ1v) is 7.98. The summed E-state index contributed by atoms with van der Waals surface area (Å²) in [5, 5.41) is 13.4. The Kier molecular flexibility index (Phi) is 4.03. The van der Waals surface area contributed by atoms with Crippen LogP contribution in [0, 0.1) is 5.92 Å². The topological polar surface area (TPSA) is 49.3 Å². The van der Waals surface area contributed by atoms with Crippen LogP contribution in [0.25, 0.3) is 10.1 Å². The summed E-state index contributed by atoms with van der Waals surface area (Å²) in [5.74, 6) is 0.464. The average Bonchev–Trinajstić information content (AvgIpc) is 2.92. The number of hydrogen-bond acceptors (Lipinski definition) is 3. The van der Waals surface area contributed by atoms with Gasteiger partial charge in [0.1, 0.15) is 0 Å². The zero-order valence-corrected chi connectivity index (χ0v) is 12.2. The number of aliphatic hydroxyl groups is 1. The first-order chi connectivity index (χ1) is 9.76. The maximum absolute atomic E-state index is 12.3. The van der Waals surface area contributed by atoms with Gasteiger partial charge >= 0.3 is 0 Å². The quantitative estimate of drug-likeness (QED) is 0.911. The highest BCUT2D eigenvalue weighted by atomic mass is 32.1. The summed E-state index contributed by atoms with van der Waals surface area (Å²) in [6.07, 6.45) is 3.96. The third kappa shape index (κ3) is 2.86. The fourth-order valence-electron chi connectivity index (χ4n) is 2.84. The van der Waals surface area contributed by atoms with E-state index in [9.17, 15) is 4.79 Å². The second kappa shape index (κ2) is 5.94. The lowest BCUT2D eigenvalue weighted by atomic mass is 9.86. The predicted octanol–water partition coefficient (Wildman–Crippen LogP) is 3.18. The van der Waals surface area contributed by atoms with Gasteiger partial charge in [-0.2, -0.15) is 0 Å². The SMILES string of the molecule is O=C(NC1CCC(CO)CC1)c1cc2ccccc2s1. The summed E-state index contributed by atoms with van der Waals surface area (Å²) in [7, 11) is 0. The van der Waals surface area contributed by atoms with Crippen molar-refractivity contribution in [3.05, 3.63) is 35.2 Å². The van der Waals surface area contributed by atoms with Gasteiger partial charge in [-0.15, -0.1) is 11.3 Å². The molecule has 1 aliphatic carbocycles. The van der Waals surface area contributed by atoms with Crippen molar-refractivity contribution in [1.82, 2.24) is 5.32 Å². The van der Waals surface area contributed by atoms with Crippen molar-refractivity contribution in [2.75, 3.05) is 6.61 Å². The van der Waals surface area contributed by atoms with Crippen LogP contribution in [0.2, 0.25) is 0 Å². The molecule has 2 aromatic rings. The minimum absolute atomic E-state index is 0.0404.